The summed E-state index contributed by atoms with van der Waals surface area (Å²) in [6.07, 6.45) is 0. The van der Waals surface area contributed by atoms with Gasteiger partial charge in [0, 0.05) is 50.8 Å². The zero-order chi connectivity index (χ0) is 36.4. The smallest absolute Gasteiger partial charge is 0.395 e. The number of aryl methyl sites for hydroxylation is 1. The van der Waals surface area contributed by atoms with Crippen LogP contribution in [0.2, 0.25) is 0 Å². The first-order valence-corrected chi connectivity index (χ1v) is 20.3. The second-order valence-electron chi connectivity index (χ2n) is 14.1. The van der Waals surface area contributed by atoms with E-state index >= 15 is 0 Å². The summed E-state index contributed by atoms with van der Waals surface area (Å²) in [4.78, 5) is 32.0. The Bertz CT molecular complexity index is 3290. The fourth-order valence-electron chi connectivity index (χ4n) is 8.30. The molecule has 10 aromatic rings. The Hall–Kier alpha value is -6.50. The Morgan fingerprint density at radius 1 is 0.382 bits per heavy atom. The zero-order valence-electron chi connectivity index (χ0n) is 29.2. The second kappa shape index (κ2) is 11.5. The van der Waals surface area contributed by atoms with Crippen molar-refractivity contribution in [3.8, 4) is 45.6 Å². The lowest BCUT2D eigenvalue weighted by Gasteiger charge is -2.04. The first-order valence-electron chi connectivity index (χ1n) is 18.0. The molecule has 0 unspecified atom stereocenters. The van der Waals surface area contributed by atoms with Crippen LogP contribution in [0.4, 0.5) is 0 Å². The molecule has 55 heavy (non-hydrogen) atoms. The predicted molar refractivity (Wildman–Crippen MR) is 224 cm³/mol. The Balaban J connectivity index is 1.33. The maximum Gasteiger partial charge on any atom is 0.526 e. The third-order valence-corrected chi connectivity index (χ3v) is 12.2. The molecule has 0 saturated carbocycles. The highest BCUT2D eigenvalue weighted by Crippen LogP contribution is 2.41. The fraction of sp³-hybridized carbons (Fsp3) is 0.0222. The van der Waals surface area contributed by atoms with Crippen LogP contribution in [0.1, 0.15) is 0 Å². The lowest BCUT2D eigenvalue weighted by molar-refractivity contribution is 0.966. The van der Waals surface area contributed by atoms with Crippen LogP contribution in [0.25, 0.3) is 122 Å². The Morgan fingerprint density at radius 3 is 1.04 bits per heavy atom. The maximum absolute atomic E-state index is 7.01. The Labute approximate surface area is 323 Å². The van der Waals surface area contributed by atoms with Crippen molar-refractivity contribution in [1.82, 2.24) is 38.0 Å². The van der Waals surface area contributed by atoms with E-state index in [1.165, 1.54) is 0 Å². The molecule has 0 aliphatic carbocycles. The molecule has 255 valence electrons. The number of fused-ring (bicyclic) bond motifs is 23. The monoisotopic (exact) mass is 739 g/mol. The van der Waals surface area contributed by atoms with Gasteiger partial charge in [-0.25, -0.2) is 40.0 Å². The number of rotatable bonds is 1. The molecule has 0 amide bonds. The first kappa shape index (κ1) is 30.9. The molecule has 0 N–H and O–H groups in total. The summed E-state index contributed by atoms with van der Waals surface area (Å²) < 4.78 is 4.09. The number of halogens is 1. The summed E-state index contributed by atoms with van der Waals surface area (Å²) in [7, 11) is 9.02. The van der Waals surface area contributed by atoms with Crippen LogP contribution in [0.15, 0.2) is 133 Å². The molecule has 7 aromatic carbocycles. The number of hydrogen-bond acceptors (Lipinski definition) is 6. The number of nitrogens with zero attached hydrogens (tertiary/aromatic N) is 8. The van der Waals surface area contributed by atoms with Crippen molar-refractivity contribution in [2.75, 3.05) is 0 Å². The third kappa shape index (κ3) is 4.52. The van der Waals surface area contributed by atoms with Crippen molar-refractivity contribution in [1.29, 1.82) is 0 Å². The van der Waals surface area contributed by atoms with Crippen molar-refractivity contribution in [3.05, 3.63) is 133 Å². The minimum absolute atomic E-state index is 0.575. The van der Waals surface area contributed by atoms with Gasteiger partial charge in [0.15, 0.2) is 23.3 Å². The summed E-state index contributed by atoms with van der Waals surface area (Å²) in [6.45, 7) is 0. The molecular weight excluding hydrogens is 715 g/mol. The predicted octanol–water partition coefficient (Wildman–Crippen LogP) is 10.4. The van der Waals surface area contributed by atoms with E-state index in [1.54, 1.807) is 0 Å². The van der Waals surface area contributed by atoms with E-state index in [2.05, 4.69) is 121 Å². The summed E-state index contributed by atoms with van der Waals surface area (Å²) >= 11 is -0.821. The second-order valence-corrected chi connectivity index (χ2v) is 15.4. The van der Waals surface area contributed by atoms with Gasteiger partial charge in [0.1, 0.15) is 22.6 Å². The molecular formula is C45H25AlClN8. The van der Waals surface area contributed by atoms with Crippen LogP contribution >= 0.6 is 10.0 Å². The highest BCUT2D eigenvalue weighted by atomic mass is 35.6. The maximum atomic E-state index is 7.01. The van der Waals surface area contributed by atoms with E-state index in [0.29, 0.717) is 34.6 Å². The molecule has 5 heterocycles. The molecule has 0 spiro atoms. The lowest BCUT2D eigenvalue weighted by atomic mass is 10.0. The molecule has 10 heteroatoms. The van der Waals surface area contributed by atoms with Crippen molar-refractivity contribution in [2.45, 2.75) is 0 Å². The molecule has 0 fully saturated rings. The molecule has 8 bridgehead atoms. The summed E-state index contributed by atoms with van der Waals surface area (Å²) in [5, 5.41) is 10.4. The average molecular weight is 740 g/mol. The van der Waals surface area contributed by atoms with Crippen LogP contribution in [0.5, 0.6) is 0 Å². The molecule has 2 aliphatic rings. The van der Waals surface area contributed by atoms with Crippen molar-refractivity contribution in [2.24, 2.45) is 7.05 Å². The van der Waals surface area contributed by atoms with E-state index in [1.807, 2.05) is 27.3 Å². The molecule has 8 nitrogen and oxygen atoms in total. The lowest BCUT2D eigenvalue weighted by Crippen LogP contribution is -2.01. The van der Waals surface area contributed by atoms with Crippen LogP contribution < -0.4 is 0 Å². The minimum Gasteiger partial charge on any atom is -0.395 e. The van der Waals surface area contributed by atoms with Crippen LogP contribution in [0, 0.1) is 0 Å². The quantitative estimate of drug-likeness (QED) is 0.156. The van der Waals surface area contributed by atoms with Gasteiger partial charge >= 0.3 is 14.5 Å². The Morgan fingerprint density at radius 2 is 0.691 bits per heavy atom. The fourth-order valence-corrected chi connectivity index (χ4v) is 9.43. The van der Waals surface area contributed by atoms with E-state index in [4.69, 9.17) is 40.0 Å². The first-order chi connectivity index (χ1) is 27.1. The average Bonchev–Trinajstić information content (AvgIpc) is 3.90. The molecule has 1 radical (unpaired) electrons. The largest absolute Gasteiger partial charge is 0.526 e. The molecule has 3 aromatic heterocycles. The van der Waals surface area contributed by atoms with E-state index in [0.717, 1.165) is 87.4 Å². The van der Waals surface area contributed by atoms with Gasteiger partial charge in [-0.3, -0.25) is 0 Å². The summed E-state index contributed by atoms with van der Waals surface area (Å²) in [5.74, 6) is 2.33. The number of aromatic nitrogens is 8. The SMILES string of the molecule is Cn1c2nc3nc(nc4c5cc6ccccc6cc5c(nc5nc(nc1c1ccccc12)-c1cc2ccccc2cc1-5)[n]4[Al][Cl])-c1cc2ccccc2cc1-3. The van der Waals surface area contributed by atoms with Gasteiger partial charge in [0.2, 0.25) is 0 Å². The third-order valence-electron chi connectivity index (χ3n) is 11.0. The van der Waals surface area contributed by atoms with Crippen molar-refractivity contribution >= 4 is 101 Å². The van der Waals surface area contributed by atoms with Crippen molar-refractivity contribution in [3.63, 3.8) is 0 Å². The zero-order valence-corrected chi connectivity index (χ0v) is 31.1. The Kier molecular flexibility index (Phi) is 6.46. The van der Waals surface area contributed by atoms with Gasteiger partial charge < -0.3 is 8.12 Å². The highest BCUT2D eigenvalue weighted by Gasteiger charge is 2.25. The van der Waals surface area contributed by atoms with E-state index in [9.17, 15) is 0 Å². The number of benzene rings is 7. The van der Waals surface area contributed by atoms with Crippen molar-refractivity contribution < 1.29 is 0 Å². The van der Waals surface area contributed by atoms with Gasteiger partial charge in [-0.2, -0.15) is 0 Å². The minimum atomic E-state index is -0.821. The molecule has 2 aliphatic heterocycles. The molecule has 12 rings (SSSR count). The van der Waals surface area contributed by atoms with Crippen LogP contribution in [-0.4, -0.2) is 52.5 Å². The van der Waals surface area contributed by atoms with Gasteiger partial charge in [0.05, 0.1) is 0 Å². The van der Waals surface area contributed by atoms with Gasteiger partial charge in [-0.05, 0) is 68.7 Å². The summed E-state index contributed by atoms with van der Waals surface area (Å²) in [5.41, 5.74) is 6.56. The van der Waals surface area contributed by atoms with E-state index < -0.39 is 14.5 Å². The van der Waals surface area contributed by atoms with Gasteiger partial charge in [-0.1, -0.05) is 97.1 Å². The number of hydrogen-bond donors (Lipinski definition) is 0. The van der Waals surface area contributed by atoms with Crippen LogP contribution in [-0.2, 0) is 7.05 Å². The summed E-state index contributed by atoms with van der Waals surface area (Å²) in [6, 6.07) is 46.4. The standard InChI is InChI=1S/C45H25N8.Al.ClH/c1-53-44-30-16-8-9-17-31(30)45(53)52-43-37-23-29-15-7-5-13-27(29)21-35(37)41(50-43)48-39-33-19-25-11-3-2-10-24(25)18-32(33)38(46-39)47-40-34-20-26-12-4-6-14-28(26)22-36(34)42(49-40)51-44;;/h2-23H,1H3;;1H/q-1;+2;/p-1. The normalized spacial score (nSPS) is 12.2. The van der Waals surface area contributed by atoms with Gasteiger partial charge in [-0.15, -0.1) is 0 Å². The molecule has 0 saturated heterocycles. The topological polar surface area (TPSA) is 87.2 Å². The van der Waals surface area contributed by atoms with Crippen LogP contribution in [0.3, 0.4) is 0 Å². The van der Waals surface area contributed by atoms with Gasteiger partial charge in [0.25, 0.3) is 0 Å². The highest BCUT2D eigenvalue weighted by molar-refractivity contribution is 6.93. The molecule has 0 atom stereocenters. The van der Waals surface area contributed by atoms with E-state index in [-0.39, 0.29) is 0 Å².